The van der Waals surface area contributed by atoms with E-state index >= 15 is 0 Å². The van der Waals surface area contributed by atoms with Crippen LogP contribution in [0.2, 0.25) is 5.02 Å². The van der Waals surface area contributed by atoms with Crippen LogP contribution in [0.25, 0.3) is 0 Å². The summed E-state index contributed by atoms with van der Waals surface area (Å²) in [5.74, 6) is -1.76. The molecule has 2 rings (SSSR count). The van der Waals surface area contributed by atoms with Crippen LogP contribution in [0.3, 0.4) is 0 Å². The van der Waals surface area contributed by atoms with Crippen LogP contribution in [-0.2, 0) is 4.79 Å². The second kappa shape index (κ2) is 6.44. The third kappa shape index (κ3) is 3.64. The van der Waals surface area contributed by atoms with E-state index < -0.39 is 22.8 Å². The third-order valence-electron chi connectivity index (χ3n) is 3.00. The van der Waals surface area contributed by atoms with E-state index in [1.165, 1.54) is 31.3 Å². The van der Waals surface area contributed by atoms with Crippen molar-refractivity contribution in [3.63, 3.8) is 0 Å². The first-order valence-electron chi connectivity index (χ1n) is 6.33. The first-order valence-corrected chi connectivity index (χ1v) is 6.70. The summed E-state index contributed by atoms with van der Waals surface area (Å²) in [5, 5.41) is 26.0. The molecule has 9 nitrogen and oxygen atoms in total. The maximum atomic E-state index is 12.1. The Morgan fingerprint density at radius 2 is 2.13 bits per heavy atom. The number of carbonyl (C=O) groups excluding carboxylic acids is 1. The number of benzene rings is 1. The molecule has 23 heavy (non-hydrogen) atoms. The summed E-state index contributed by atoms with van der Waals surface area (Å²) < 4.78 is 1.12. The summed E-state index contributed by atoms with van der Waals surface area (Å²) in [6.45, 7) is 1.41. The van der Waals surface area contributed by atoms with Crippen LogP contribution in [-0.4, -0.2) is 31.7 Å². The Balaban J connectivity index is 2.21. The lowest BCUT2D eigenvalue weighted by molar-refractivity contribution is -0.384. The van der Waals surface area contributed by atoms with Gasteiger partial charge in [-0.1, -0.05) is 11.6 Å². The van der Waals surface area contributed by atoms with Crippen LogP contribution in [0.1, 0.15) is 23.5 Å². The molecule has 1 aromatic heterocycles. The van der Waals surface area contributed by atoms with Gasteiger partial charge >= 0.3 is 5.97 Å². The van der Waals surface area contributed by atoms with E-state index in [0.29, 0.717) is 0 Å². The number of nitro benzene ring substituents is 1. The van der Waals surface area contributed by atoms with Crippen molar-refractivity contribution < 1.29 is 19.6 Å². The van der Waals surface area contributed by atoms with Gasteiger partial charge < -0.3 is 10.4 Å². The zero-order chi connectivity index (χ0) is 17.1. The number of carboxylic acid groups (broad SMARTS) is 1. The SMILES string of the molecule is CC(C(=O)O)n1ccc(C(=O)Nc2cc([N+](=O)[O-])ccc2Cl)n1. The van der Waals surface area contributed by atoms with Gasteiger partial charge in [-0.15, -0.1) is 0 Å². The minimum atomic E-state index is -1.10. The first-order chi connectivity index (χ1) is 10.8. The van der Waals surface area contributed by atoms with E-state index in [1.54, 1.807) is 0 Å². The van der Waals surface area contributed by atoms with Crippen molar-refractivity contribution in [1.82, 2.24) is 9.78 Å². The highest BCUT2D eigenvalue weighted by atomic mass is 35.5. The van der Waals surface area contributed by atoms with E-state index in [2.05, 4.69) is 10.4 Å². The molecular formula is C13H11ClN4O5. The predicted molar refractivity (Wildman–Crippen MR) is 80.6 cm³/mol. The van der Waals surface area contributed by atoms with Gasteiger partial charge in [-0.05, 0) is 19.1 Å². The Labute approximate surface area is 134 Å². The van der Waals surface area contributed by atoms with Gasteiger partial charge in [-0.25, -0.2) is 4.79 Å². The molecule has 0 saturated carbocycles. The number of halogens is 1. The molecule has 1 unspecified atom stereocenters. The van der Waals surface area contributed by atoms with Gasteiger partial charge in [0, 0.05) is 18.3 Å². The van der Waals surface area contributed by atoms with E-state index in [4.69, 9.17) is 16.7 Å². The second-order valence-electron chi connectivity index (χ2n) is 4.57. The average Bonchev–Trinajstić information content (AvgIpc) is 2.98. The average molecular weight is 339 g/mol. The van der Waals surface area contributed by atoms with E-state index in [1.807, 2.05) is 0 Å². The number of nitrogens with one attached hydrogen (secondary N) is 1. The Kier molecular flexibility index (Phi) is 4.60. The lowest BCUT2D eigenvalue weighted by Crippen LogP contribution is -2.18. The Bertz CT molecular complexity index is 788. The molecule has 0 fully saturated rings. The number of carboxylic acids is 1. The summed E-state index contributed by atoms with van der Waals surface area (Å²) in [6, 6.07) is 4.02. The van der Waals surface area contributed by atoms with Crippen molar-refractivity contribution in [1.29, 1.82) is 0 Å². The number of carbonyl (C=O) groups is 2. The smallest absolute Gasteiger partial charge is 0.328 e. The first kappa shape index (κ1) is 16.4. The summed E-state index contributed by atoms with van der Waals surface area (Å²) in [5.41, 5.74) is -0.206. The molecule has 2 aromatic rings. The van der Waals surface area contributed by atoms with Crippen LogP contribution < -0.4 is 5.32 Å². The number of amides is 1. The molecular weight excluding hydrogens is 328 g/mol. The number of hydrogen-bond acceptors (Lipinski definition) is 5. The normalized spacial score (nSPS) is 11.7. The van der Waals surface area contributed by atoms with E-state index in [0.717, 1.165) is 10.7 Å². The zero-order valence-corrected chi connectivity index (χ0v) is 12.5. The summed E-state index contributed by atoms with van der Waals surface area (Å²) in [6.07, 6.45) is 1.35. The molecule has 1 heterocycles. The quantitative estimate of drug-likeness (QED) is 0.636. The van der Waals surface area contributed by atoms with Crippen LogP contribution in [0.4, 0.5) is 11.4 Å². The van der Waals surface area contributed by atoms with Gasteiger partial charge in [0.15, 0.2) is 5.69 Å². The van der Waals surface area contributed by atoms with Gasteiger partial charge in [-0.2, -0.15) is 5.10 Å². The monoisotopic (exact) mass is 338 g/mol. The molecule has 1 amide bonds. The molecule has 120 valence electrons. The van der Waals surface area contributed by atoms with E-state index in [9.17, 15) is 19.7 Å². The van der Waals surface area contributed by atoms with Crippen LogP contribution in [0.5, 0.6) is 0 Å². The molecule has 1 aromatic carbocycles. The lowest BCUT2D eigenvalue weighted by atomic mass is 10.2. The van der Waals surface area contributed by atoms with Crippen molar-refractivity contribution >= 4 is 34.9 Å². The zero-order valence-electron chi connectivity index (χ0n) is 11.8. The Morgan fingerprint density at radius 3 is 2.74 bits per heavy atom. The standard InChI is InChI=1S/C13H11ClN4O5/c1-7(13(20)21)17-5-4-10(16-17)12(19)15-11-6-8(18(22)23)2-3-9(11)14/h2-7H,1H3,(H,15,19)(H,20,21). The highest BCUT2D eigenvalue weighted by Gasteiger charge is 2.18. The molecule has 0 saturated heterocycles. The number of hydrogen-bond donors (Lipinski definition) is 2. The van der Waals surface area contributed by atoms with Crippen molar-refractivity contribution in [2.75, 3.05) is 5.32 Å². The fourth-order valence-electron chi connectivity index (χ4n) is 1.70. The molecule has 0 aliphatic heterocycles. The molecule has 0 radical (unpaired) electrons. The molecule has 0 spiro atoms. The molecule has 0 aliphatic carbocycles. The maximum Gasteiger partial charge on any atom is 0.328 e. The topological polar surface area (TPSA) is 127 Å². The highest BCUT2D eigenvalue weighted by molar-refractivity contribution is 6.34. The van der Waals surface area contributed by atoms with Gasteiger partial charge in [0.25, 0.3) is 11.6 Å². The van der Waals surface area contributed by atoms with Gasteiger partial charge in [0.1, 0.15) is 6.04 Å². The Hall–Kier alpha value is -2.94. The van der Waals surface area contributed by atoms with E-state index in [-0.39, 0.29) is 22.1 Å². The summed E-state index contributed by atoms with van der Waals surface area (Å²) in [4.78, 5) is 33.1. The fourth-order valence-corrected chi connectivity index (χ4v) is 1.86. The summed E-state index contributed by atoms with van der Waals surface area (Å²) in [7, 11) is 0. The van der Waals surface area contributed by atoms with Gasteiger partial charge in [0.2, 0.25) is 0 Å². The number of aliphatic carboxylic acids is 1. The minimum absolute atomic E-state index is 0.0410. The number of aromatic nitrogens is 2. The molecule has 10 heteroatoms. The van der Waals surface area contributed by atoms with Crippen LogP contribution in [0, 0.1) is 10.1 Å². The number of nitro groups is 1. The van der Waals surface area contributed by atoms with Gasteiger partial charge in [-0.3, -0.25) is 19.6 Å². The number of nitrogens with zero attached hydrogens (tertiary/aromatic N) is 3. The minimum Gasteiger partial charge on any atom is -0.480 e. The Morgan fingerprint density at radius 1 is 1.43 bits per heavy atom. The lowest BCUT2D eigenvalue weighted by Gasteiger charge is -2.07. The van der Waals surface area contributed by atoms with Crippen molar-refractivity contribution in [2.45, 2.75) is 13.0 Å². The molecule has 2 N–H and O–H groups in total. The van der Waals surface area contributed by atoms with Crippen LogP contribution in [0.15, 0.2) is 30.5 Å². The fraction of sp³-hybridized carbons (Fsp3) is 0.154. The molecule has 1 atom stereocenters. The number of non-ortho nitro benzene ring substituents is 1. The van der Waals surface area contributed by atoms with Crippen molar-refractivity contribution in [3.05, 3.63) is 51.3 Å². The second-order valence-corrected chi connectivity index (χ2v) is 4.98. The highest BCUT2D eigenvalue weighted by Crippen LogP contribution is 2.27. The third-order valence-corrected chi connectivity index (χ3v) is 3.33. The van der Waals surface area contributed by atoms with Crippen molar-refractivity contribution in [3.8, 4) is 0 Å². The van der Waals surface area contributed by atoms with Crippen molar-refractivity contribution in [2.24, 2.45) is 0 Å². The number of rotatable bonds is 5. The van der Waals surface area contributed by atoms with Crippen LogP contribution >= 0.6 is 11.6 Å². The summed E-state index contributed by atoms with van der Waals surface area (Å²) >= 11 is 5.89. The van der Waals surface area contributed by atoms with Gasteiger partial charge in [0.05, 0.1) is 15.6 Å². The maximum absolute atomic E-state index is 12.1. The predicted octanol–water partition coefficient (Wildman–Crippen LogP) is 2.34. The molecule has 0 aliphatic rings. The number of anilines is 1. The largest absolute Gasteiger partial charge is 0.480 e. The molecule has 0 bridgehead atoms.